The van der Waals surface area contributed by atoms with Crippen molar-refractivity contribution in [1.82, 2.24) is 9.80 Å². The Bertz CT molecular complexity index is 519. The zero-order valence-corrected chi connectivity index (χ0v) is 12.3. The highest BCUT2D eigenvalue weighted by Gasteiger charge is 2.28. The van der Waals surface area contributed by atoms with Crippen LogP contribution < -0.4 is 5.73 Å². The fraction of sp³-hybridized carbons (Fsp3) is 0.385. The number of anilines is 1. The summed E-state index contributed by atoms with van der Waals surface area (Å²) >= 11 is 3.42. The Hall–Kier alpha value is -1.56. The summed E-state index contributed by atoms with van der Waals surface area (Å²) < 4.78 is 0.852. The summed E-state index contributed by atoms with van der Waals surface area (Å²) in [5, 5.41) is 0. The largest absolute Gasteiger partial charge is 0.399 e. The Morgan fingerprint density at radius 2 is 1.84 bits per heavy atom. The molecule has 5 nitrogen and oxygen atoms in total. The Morgan fingerprint density at radius 3 is 2.47 bits per heavy atom. The van der Waals surface area contributed by atoms with E-state index in [0.29, 0.717) is 18.8 Å². The molecular formula is C13H16BrN3O2. The second kappa shape index (κ2) is 5.61. The quantitative estimate of drug-likeness (QED) is 0.850. The first-order valence-electron chi connectivity index (χ1n) is 6.10. The van der Waals surface area contributed by atoms with Gasteiger partial charge in [0.25, 0.3) is 0 Å². The number of nitrogens with two attached hydrogens (primary N) is 1. The van der Waals surface area contributed by atoms with Gasteiger partial charge in [0, 0.05) is 23.2 Å². The van der Waals surface area contributed by atoms with Crippen molar-refractivity contribution in [2.24, 2.45) is 0 Å². The third kappa shape index (κ3) is 3.07. The minimum absolute atomic E-state index is 0.00586. The molecule has 0 bridgehead atoms. The van der Waals surface area contributed by atoms with Crippen LogP contribution in [0.5, 0.6) is 0 Å². The number of rotatable bonds is 3. The average molecular weight is 326 g/mol. The molecule has 0 aromatic heterocycles. The van der Waals surface area contributed by atoms with Crippen molar-refractivity contribution in [1.29, 1.82) is 0 Å². The summed E-state index contributed by atoms with van der Waals surface area (Å²) in [6, 6.07) is 5.45. The Balaban J connectivity index is 2.11. The van der Waals surface area contributed by atoms with E-state index in [1.165, 1.54) is 0 Å². The van der Waals surface area contributed by atoms with Crippen LogP contribution in [0, 0.1) is 0 Å². The van der Waals surface area contributed by atoms with Gasteiger partial charge in [-0.05, 0) is 24.6 Å². The molecule has 1 aliphatic rings. The molecule has 1 fully saturated rings. The minimum Gasteiger partial charge on any atom is -0.399 e. The highest BCUT2D eigenvalue weighted by Crippen LogP contribution is 2.22. The molecule has 0 saturated carbocycles. The number of piperazine rings is 1. The molecule has 0 aliphatic carbocycles. The molecule has 1 aliphatic heterocycles. The molecule has 2 amide bonds. The van der Waals surface area contributed by atoms with Crippen molar-refractivity contribution >= 4 is 33.4 Å². The molecule has 0 spiro atoms. The second-order valence-corrected chi connectivity index (χ2v) is 5.36. The third-order valence-electron chi connectivity index (χ3n) is 3.18. The van der Waals surface area contributed by atoms with Gasteiger partial charge in [0.05, 0.1) is 6.54 Å². The molecule has 1 aromatic rings. The molecule has 0 unspecified atom stereocenters. The van der Waals surface area contributed by atoms with Gasteiger partial charge in [-0.1, -0.05) is 22.0 Å². The van der Waals surface area contributed by atoms with Crippen LogP contribution in [-0.2, 0) is 16.1 Å². The Labute approximate surface area is 120 Å². The smallest absolute Gasteiger partial charge is 0.242 e. The highest BCUT2D eigenvalue weighted by molar-refractivity contribution is 9.10. The zero-order chi connectivity index (χ0) is 14.0. The fourth-order valence-electron chi connectivity index (χ4n) is 2.03. The van der Waals surface area contributed by atoms with E-state index < -0.39 is 0 Å². The molecule has 102 valence electrons. The van der Waals surface area contributed by atoms with E-state index >= 15 is 0 Å². The summed E-state index contributed by atoms with van der Waals surface area (Å²) in [5.74, 6) is -0.0288. The Morgan fingerprint density at radius 1 is 1.21 bits per heavy atom. The van der Waals surface area contributed by atoms with Crippen molar-refractivity contribution in [2.75, 3.05) is 25.4 Å². The first-order chi connectivity index (χ1) is 9.01. The summed E-state index contributed by atoms with van der Waals surface area (Å²) in [7, 11) is 0. The van der Waals surface area contributed by atoms with Crippen molar-refractivity contribution in [3.05, 3.63) is 28.2 Å². The van der Waals surface area contributed by atoms with Gasteiger partial charge in [-0.15, -0.1) is 0 Å². The molecule has 0 atom stereocenters. The van der Waals surface area contributed by atoms with Crippen LogP contribution in [0.4, 0.5) is 5.69 Å². The van der Waals surface area contributed by atoms with Gasteiger partial charge in [0.2, 0.25) is 11.8 Å². The molecule has 1 heterocycles. The van der Waals surface area contributed by atoms with Crippen LogP contribution >= 0.6 is 15.9 Å². The van der Waals surface area contributed by atoms with Gasteiger partial charge < -0.3 is 15.5 Å². The SMILES string of the molecule is CCN1CC(=O)N(Cc2ccc(N)cc2Br)CC1=O. The van der Waals surface area contributed by atoms with Crippen LogP contribution in [0.2, 0.25) is 0 Å². The van der Waals surface area contributed by atoms with Crippen molar-refractivity contribution in [3.63, 3.8) is 0 Å². The second-order valence-electron chi connectivity index (χ2n) is 4.51. The highest BCUT2D eigenvalue weighted by atomic mass is 79.9. The van der Waals surface area contributed by atoms with Gasteiger partial charge in [-0.3, -0.25) is 9.59 Å². The summed E-state index contributed by atoms with van der Waals surface area (Å²) in [4.78, 5) is 26.9. The summed E-state index contributed by atoms with van der Waals surface area (Å²) in [5.41, 5.74) is 7.28. The maximum Gasteiger partial charge on any atom is 0.242 e. The predicted octanol–water partition coefficient (Wildman–Crippen LogP) is 1.22. The predicted molar refractivity (Wildman–Crippen MR) is 76.2 cm³/mol. The molecular weight excluding hydrogens is 310 g/mol. The molecule has 1 saturated heterocycles. The number of likely N-dealkylation sites (N-methyl/N-ethyl adjacent to an activating group) is 1. The van der Waals surface area contributed by atoms with E-state index in [2.05, 4.69) is 15.9 Å². The van der Waals surface area contributed by atoms with Crippen molar-refractivity contribution in [2.45, 2.75) is 13.5 Å². The van der Waals surface area contributed by atoms with E-state index in [4.69, 9.17) is 5.73 Å². The van der Waals surface area contributed by atoms with Crippen LogP contribution in [0.1, 0.15) is 12.5 Å². The van der Waals surface area contributed by atoms with Gasteiger partial charge in [-0.25, -0.2) is 0 Å². The average Bonchev–Trinajstić information content (AvgIpc) is 2.36. The van der Waals surface area contributed by atoms with Crippen molar-refractivity contribution in [3.8, 4) is 0 Å². The lowest BCUT2D eigenvalue weighted by atomic mass is 10.1. The van der Waals surface area contributed by atoms with Gasteiger partial charge in [0.1, 0.15) is 6.54 Å². The lowest BCUT2D eigenvalue weighted by Gasteiger charge is -2.33. The maximum absolute atomic E-state index is 12.0. The van der Waals surface area contributed by atoms with E-state index in [0.717, 1.165) is 10.0 Å². The number of hydrogen-bond acceptors (Lipinski definition) is 3. The molecule has 0 radical (unpaired) electrons. The number of carbonyl (C=O) groups is 2. The molecule has 1 aromatic carbocycles. The maximum atomic E-state index is 12.0. The summed E-state index contributed by atoms with van der Waals surface area (Å²) in [6.45, 7) is 3.18. The van der Waals surface area contributed by atoms with E-state index in [1.807, 2.05) is 13.0 Å². The van der Waals surface area contributed by atoms with E-state index in [9.17, 15) is 9.59 Å². The lowest BCUT2D eigenvalue weighted by molar-refractivity contribution is -0.150. The first kappa shape index (κ1) is 13.9. The molecule has 2 N–H and O–H groups in total. The van der Waals surface area contributed by atoms with E-state index in [1.54, 1.807) is 21.9 Å². The Kier molecular flexibility index (Phi) is 4.09. The lowest BCUT2D eigenvalue weighted by Crippen LogP contribution is -2.53. The van der Waals surface area contributed by atoms with Crippen molar-refractivity contribution < 1.29 is 9.59 Å². The topological polar surface area (TPSA) is 66.6 Å². The number of nitrogen functional groups attached to an aromatic ring is 1. The first-order valence-corrected chi connectivity index (χ1v) is 6.90. The molecule has 6 heteroatoms. The van der Waals surface area contributed by atoms with Gasteiger partial charge >= 0.3 is 0 Å². The van der Waals surface area contributed by atoms with Gasteiger partial charge in [0.15, 0.2) is 0 Å². The normalized spacial score (nSPS) is 16.1. The number of carbonyl (C=O) groups excluding carboxylic acids is 2. The molecule has 2 rings (SSSR count). The number of hydrogen-bond donors (Lipinski definition) is 1. The van der Waals surface area contributed by atoms with Crippen LogP contribution in [0.15, 0.2) is 22.7 Å². The van der Waals surface area contributed by atoms with E-state index in [-0.39, 0.29) is 24.9 Å². The standard InChI is InChI=1S/C13H16BrN3O2/c1-2-16-7-13(19)17(8-12(16)18)6-9-3-4-10(15)5-11(9)14/h3-5H,2,6-8,15H2,1H3. The number of amides is 2. The summed E-state index contributed by atoms with van der Waals surface area (Å²) in [6.07, 6.45) is 0. The van der Waals surface area contributed by atoms with Crippen LogP contribution in [0.3, 0.4) is 0 Å². The monoisotopic (exact) mass is 325 g/mol. The minimum atomic E-state index is -0.0230. The fourth-order valence-corrected chi connectivity index (χ4v) is 2.55. The van der Waals surface area contributed by atoms with Gasteiger partial charge in [-0.2, -0.15) is 0 Å². The molecule has 19 heavy (non-hydrogen) atoms. The number of benzene rings is 1. The van der Waals surface area contributed by atoms with Crippen LogP contribution in [0.25, 0.3) is 0 Å². The third-order valence-corrected chi connectivity index (χ3v) is 3.92. The zero-order valence-electron chi connectivity index (χ0n) is 10.7. The van der Waals surface area contributed by atoms with Crippen LogP contribution in [-0.4, -0.2) is 41.2 Å². The number of halogens is 1. The number of nitrogens with zero attached hydrogens (tertiary/aromatic N) is 2.